The zero-order valence-corrected chi connectivity index (χ0v) is 11.9. The molecule has 0 heterocycles. The average Bonchev–Trinajstić information content (AvgIpc) is 2.21. The van der Waals surface area contributed by atoms with Crippen molar-refractivity contribution in [2.75, 3.05) is 0 Å². The second-order valence-corrected chi connectivity index (χ2v) is 5.46. The van der Waals surface area contributed by atoms with Gasteiger partial charge in [0.2, 0.25) is 0 Å². The van der Waals surface area contributed by atoms with Crippen LogP contribution in [0.5, 0.6) is 0 Å². The van der Waals surface area contributed by atoms with Gasteiger partial charge in [0, 0.05) is 0 Å². The van der Waals surface area contributed by atoms with Gasteiger partial charge in [0.1, 0.15) is 11.6 Å². The first-order chi connectivity index (χ1) is 8.19. The Morgan fingerprint density at radius 2 is 1.72 bits per heavy atom. The number of carbonyl (C=O) groups is 2. The number of ether oxygens (including phenoxy) is 1. The fraction of sp³-hybridized carbons (Fsp3) is 0.846. The van der Waals surface area contributed by atoms with Crippen molar-refractivity contribution in [2.24, 2.45) is 5.92 Å². The van der Waals surface area contributed by atoms with E-state index in [4.69, 9.17) is 9.84 Å². The Bertz CT molecular complexity index is 279. The number of carboxylic acids is 1. The molecule has 0 aromatic rings. The molecule has 0 aliphatic rings. The van der Waals surface area contributed by atoms with Crippen LogP contribution in [0.25, 0.3) is 0 Å². The molecule has 106 valence electrons. The molecular weight excluding hydrogens is 234 g/mol. The topological polar surface area (TPSA) is 75.6 Å². The zero-order valence-electron chi connectivity index (χ0n) is 11.9. The predicted molar refractivity (Wildman–Crippen MR) is 69.5 cm³/mol. The van der Waals surface area contributed by atoms with Crippen LogP contribution in [0.15, 0.2) is 0 Å². The minimum Gasteiger partial charge on any atom is -0.480 e. The monoisotopic (exact) mass is 259 g/mol. The third-order valence-electron chi connectivity index (χ3n) is 2.71. The molecule has 5 heteroatoms. The fourth-order valence-corrected chi connectivity index (χ4v) is 1.63. The first-order valence-corrected chi connectivity index (χ1v) is 6.41. The van der Waals surface area contributed by atoms with Crippen molar-refractivity contribution in [3.05, 3.63) is 0 Å². The van der Waals surface area contributed by atoms with E-state index in [1.165, 1.54) is 0 Å². The lowest BCUT2D eigenvalue weighted by Crippen LogP contribution is -2.44. The SMILES string of the molecule is CCC(CC)CC(NC(=O)OC(C)(C)C)C(=O)O. The molecule has 0 aromatic heterocycles. The van der Waals surface area contributed by atoms with Gasteiger partial charge in [-0.05, 0) is 33.1 Å². The highest BCUT2D eigenvalue weighted by Gasteiger charge is 2.25. The van der Waals surface area contributed by atoms with E-state index >= 15 is 0 Å². The van der Waals surface area contributed by atoms with Crippen LogP contribution in [-0.4, -0.2) is 28.8 Å². The largest absolute Gasteiger partial charge is 0.480 e. The summed E-state index contributed by atoms with van der Waals surface area (Å²) in [7, 11) is 0. The summed E-state index contributed by atoms with van der Waals surface area (Å²) in [6.07, 6.45) is 1.55. The van der Waals surface area contributed by atoms with Crippen molar-refractivity contribution < 1.29 is 19.4 Å². The molecule has 0 aliphatic carbocycles. The molecular formula is C13H25NO4. The molecule has 1 atom stereocenters. The van der Waals surface area contributed by atoms with E-state index in [-0.39, 0.29) is 0 Å². The number of nitrogens with one attached hydrogen (secondary N) is 1. The van der Waals surface area contributed by atoms with Crippen LogP contribution < -0.4 is 5.32 Å². The Morgan fingerprint density at radius 3 is 2.06 bits per heavy atom. The second-order valence-electron chi connectivity index (χ2n) is 5.46. The molecule has 5 nitrogen and oxygen atoms in total. The van der Waals surface area contributed by atoms with Gasteiger partial charge in [-0.1, -0.05) is 26.7 Å². The van der Waals surface area contributed by atoms with Gasteiger partial charge in [-0.25, -0.2) is 9.59 Å². The van der Waals surface area contributed by atoms with E-state index in [1.807, 2.05) is 13.8 Å². The third kappa shape index (κ3) is 7.14. The van der Waals surface area contributed by atoms with Crippen LogP contribution in [0.4, 0.5) is 4.79 Å². The molecule has 18 heavy (non-hydrogen) atoms. The van der Waals surface area contributed by atoms with E-state index in [1.54, 1.807) is 20.8 Å². The lowest BCUT2D eigenvalue weighted by atomic mass is 9.95. The van der Waals surface area contributed by atoms with Crippen molar-refractivity contribution in [3.8, 4) is 0 Å². The third-order valence-corrected chi connectivity index (χ3v) is 2.71. The zero-order chi connectivity index (χ0) is 14.3. The molecule has 0 bridgehead atoms. The van der Waals surface area contributed by atoms with Gasteiger partial charge in [0.25, 0.3) is 0 Å². The highest BCUT2D eigenvalue weighted by Crippen LogP contribution is 2.16. The summed E-state index contributed by atoms with van der Waals surface area (Å²) in [5.41, 5.74) is -0.623. The van der Waals surface area contributed by atoms with Gasteiger partial charge in [-0.3, -0.25) is 0 Å². The number of carbonyl (C=O) groups excluding carboxylic acids is 1. The summed E-state index contributed by atoms with van der Waals surface area (Å²) < 4.78 is 5.05. The second kappa shape index (κ2) is 7.24. The Labute approximate surface area is 109 Å². The summed E-state index contributed by atoms with van der Waals surface area (Å²) in [4.78, 5) is 22.6. The fourth-order valence-electron chi connectivity index (χ4n) is 1.63. The Balaban J connectivity index is 4.45. The number of hydrogen-bond acceptors (Lipinski definition) is 3. The molecule has 0 spiro atoms. The predicted octanol–water partition coefficient (Wildman–Crippen LogP) is 2.79. The Hall–Kier alpha value is -1.26. The highest BCUT2D eigenvalue weighted by molar-refractivity contribution is 5.79. The van der Waals surface area contributed by atoms with E-state index in [2.05, 4.69) is 5.32 Å². The summed E-state index contributed by atoms with van der Waals surface area (Å²) in [5.74, 6) is -0.728. The van der Waals surface area contributed by atoms with Gasteiger partial charge in [-0.15, -0.1) is 0 Å². The maximum Gasteiger partial charge on any atom is 0.408 e. The van der Waals surface area contributed by atoms with Gasteiger partial charge in [0.05, 0.1) is 0 Å². The lowest BCUT2D eigenvalue weighted by molar-refractivity contribution is -0.140. The molecule has 0 saturated carbocycles. The lowest BCUT2D eigenvalue weighted by Gasteiger charge is -2.23. The molecule has 0 rings (SSSR count). The molecule has 0 aromatic carbocycles. The first kappa shape index (κ1) is 16.7. The van der Waals surface area contributed by atoms with E-state index in [0.29, 0.717) is 12.3 Å². The van der Waals surface area contributed by atoms with Crippen LogP contribution in [0.2, 0.25) is 0 Å². The number of rotatable bonds is 6. The quantitative estimate of drug-likeness (QED) is 0.769. The van der Waals surface area contributed by atoms with Gasteiger partial charge >= 0.3 is 12.1 Å². The Morgan fingerprint density at radius 1 is 1.22 bits per heavy atom. The van der Waals surface area contributed by atoms with Crippen LogP contribution in [0, 0.1) is 5.92 Å². The average molecular weight is 259 g/mol. The molecule has 2 N–H and O–H groups in total. The van der Waals surface area contributed by atoms with E-state index < -0.39 is 23.7 Å². The van der Waals surface area contributed by atoms with Crippen LogP contribution in [0.1, 0.15) is 53.9 Å². The molecule has 0 saturated heterocycles. The first-order valence-electron chi connectivity index (χ1n) is 6.41. The van der Waals surface area contributed by atoms with Crippen LogP contribution >= 0.6 is 0 Å². The summed E-state index contributed by atoms with van der Waals surface area (Å²) >= 11 is 0. The standard InChI is InChI=1S/C13H25NO4/c1-6-9(7-2)8-10(11(15)16)14-12(17)18-13(3,4)5/h9-10H,6-8H2,1-5H3,(H,14,17)(H,15,16). The summed E-state index contributed by atoms with van der Waals surface area (Å²) in [6.45, 7) is 9.25. The maximum atomic E-state index is 11.5. The minimum atomic E-state index is -1.02. The van der Waals surface area contributed by atoms with Crippen molar-refractivity contribution >= 4 is 12.1 Å². The van der Waals surface area contributed by atoms with Gasteiger partial charge in [-0.2, -0.15) is 0 Å². The maximum absolute atomic E-state index is 11.5. The Kier molecular flexibility index (Phi) is 6.73. The van der Waals surface area contributed by atoms with Crippen molar-refractivity contribution in [3.63, 3.8) is 0 Å². The summed E-state index contributed by atoms with van der Waals surface area (Å²) in [6, 6.07) is -0.884. The van der Waals surface area contributed by atoms with E-state index in [0.717, 1.165) is 12.8 Å². The summed E-state index contributed by atoms with van der Waals surface area (Å²) in [5, 5.41) is 11.5. The number of carboxylic acid groups (broad SMARTS) is 1. The number of amides is 1. The molecule has 1 amide bonds. The smallest absolute Gasteiger partial charge is 0.408 e. The number of alkyl carbamates (subject to hydrolysis) is 1. The van der Waals surface area contributed by atoms with Crippen molar-refractivity contribution in [2.45, 2.75) is 65.5 Å². The molecule has 0 fully saturated rings. The van der Waals surface area contributed by atoms with Crippen molar-refractivity contribution in [1.82, 2.24) is 5.32 Å². The van der Waals surface area contributed by atoms with Crippen molar-refractivity contribution in [1.29, 1.82) is 0 Å². The van der Waals surface area contributed by atoms with Gasteiger partial charge in [0.15, 0.2) is 0 Å². The molecule has 0 aliphatic heterocycles. The normalized spacial score (nSPS) is 13.2. The highest BCUT2D eigenvalue weighted by atomic mass is 16.6. The number of aliphatic carboxylic acids is 1. The van der Waals surface area contributed by atoms with E-state index in [9.17, 15) is 9.59 Å². The van der Waals surface area contributed by atoms with Crippen LogP contribution in [0.3, 0.4) is 0 Å². The number of hydrogen-bond donors (Lipinski definition) is 2. The van der Waals surface area contributed by atoms with Gasteiger partial charge < -0.3 is 15.2 Å². The van der Waals surface area contributed by atoms with Crippen LogP contribution in [-0.2, 0) is 9.53 Å². The molecule has 0 radical (unpaired) electrons. The minimum absolute atomic E-state index is 0.293. The molecule has 1 unspecified atom stereocenters.